The first-order chi connectivity index (χ1) is 5.18. The topological polar surface area (TPSA) is 51.8 Å². The lowest BCUT2D eigenvalue weighted by Crippen LogP contribution is -1.94. The molecule has 0 aliphatic carbocycles. The summed E-state index contributed by atoms with van der Waals surface area (Å²) in [5.41, 5.74) is 5.43. The van der Waals surface area contributed by atoms with Gasteiger partial charge in [0.15, 0.2) is 5.13 Å². The Kier molecular flexibility index (Phi) is 2.82. The van der Waals surface area contributed by atoms with Gasteiger partial charge in [0, 0.05) is 18.0 Å². The Labute approximate surface area is 70.8 Å². The highest BCUT2D eigenvalue weighted by atomic mass is 32.1. The normalized spacial score (nSPS) is 10.8. The van der Waals surface area contributed by atoms with E-state index in [0.717, 1.165) is 18.7 Å². The summed E-state index contributed by atoms with van der Waals surface area (Å²) in [5.74, 6) is 1.60. The van der Waals surface area contributed by atoms with Crippen molar-refractivity contribution < 1.29 is 0 Å². The number of hydrogen-bond acceptors (Lipinski definition) is 4. The van der Waals surface area contributed by atoms with Crippen LogP contribution in [0.5, 0.6) is 0 Å². The molecule has 0 aliphatic heterocycles. The molecule has 0 bridgehead atoms. The van der Waals surface area contributed by atoms with Crippen LogP contribution in [-0.4, -0.2) is 9.36 Å². The molecule has 0 aliphatic rings. The fraction of sp³-hybridized carbons (Fsp3) is 0.714. The largest absolute Gasteiger partial charge is 0.374 e. The minimum absolute atomic E-state index is 0.573. The highest BCUT2D eigenvalue weighted by molar-refractivity contribution is 7.09. The third kappa shape index (κ3) is 2.84. The van der Waals surface area contributed by atoms with Crippen molar-refractivity contribution in [3.05, 3.63) is 5.82 Å². The van der Waals surface area contributed by atoms with E-state index in [-0.39, 0.29) is 0 Å². The second-order valence-corrected chi connectivity index (χ2v) is 3.76. The van der Waals surface area contributed by atoms with Gasteiger partial charge in [-0.3, -0.25) is 0 Å². The Hall–Kier alpha value is -0.640. The summed E-state index contributed by atoms with van der Waals surface area (Å²) in [4.78, 5) is 4.07. The molecular weight excluding hydrogens is 158 g/mol. The number of nitrogen functional groups attached to an aromatic ring is 1. The van der Waals surface area contributed by atoms with Crippen LogP contribution in [0.3, 0.4) is 0 Å². The molecule has 2 N–H and O–H groups in total. The number of rotatable bonds is 3. The van der Waals surface area contributed by atoms with Gasteiger partial charge < -0.3 is 5.73 Å². The zero-order valence-electron chi connectivity index (χ0n) is 6.87. The van der Waals surface area contributed by atoms with Gasteiger partial charge in [-0.05, 0) is 12.3 Å². The van der Waals surface area contributed by atoms with Crippen LogP contribution in [0, 0.1) is 5.92 Å². The van der Waals surface area contributed by atoms with E-state index in [2.05, 4.69) is 23.2 Å². The van der Waals surface area contributed by atoms with Gasteiger partial charge in [-0.15, -0.1) is 0 Å². The van der Waals surface area contributed by atoms with Crippen molar-refractivity contribution in [3.8, 4) is 0 Å². The number of hydrogen-bond donors (Lipinski definition) is 1. The average Bonchev–Trinajstić information content (AvgIpc) is 2.31. The smallest absolute Gasteiger partial charge is 0.199 e. The van der Waals surface area contributed by atoms with Crippen molar-refractivity contribution in [1.29, 1.82) is 0 Å². The monoisotopic (exact) mass is 171 g/mol. The summed E-state index contributed by atoms with van der Waals surface area (Å²) in [6.45, 7) is 4.38. The minimum atomic E-state index is 0.573. The highest BCUT2D eigenvalue weighted by Gasteiger charge is 2.01. The maximum atomic E-state index is 5.43. The van der Waals surface area contributed by atoms with Crippen LogP contribution in [0.2, 0.25) is 0 Å². The first-order valence-corrected chi connectivity index (χ1v) is 4.54. The van der Waals surface area contributed by atoms with Gasteiger partial charge in [0.05, 0.1) is 0 Å². The lowest BCUT2D eigenvalue weighted by molar-refractivity contribution is 0.578. The maximum Gasteiger partial charge on any atom is 0.199 e. The summed E-state index contributed by atoms with van der Waals surface area (Å²) in [6.07, 6.45) is 2.08. The molecule has 0 amide bonds. The summed E-state index contributed by atoms with van der Waals surface area (Å²) < 4.78 is 4.09. The molecule has 62 valence electrons. The molecule has 0 saturated carbocycles. The molecule has 4 heteroatoms. The fourth-order valence-electron chi connectivity index (χ4n) is 0.787. The molecule has 0 spiro atoms. The molecule has 1 rings (SSSR count). The molecule has 0 radical (unpaired) electrons. The first-order valence-electron chi connectivity index (χ1n) is 3.76. The van der Waals surface area contributed by atoms with Gasteiger partial charge >= 0.3 is 0 Å². The number of anilines is 1. The number of aryl methyl sites for hydroxylation is 1. The lowest BCUT2D eigenvalue weighted by Gasteiger charge is -1.99. The van der Waals surface area contributed by atoms with E-state index < -0.39 is 0 Å². The minimum Gasteiger partial charge on any atom is -0.374 e. The highest BCUT2D eigenvalue weighted by Crippen LogP contribution is 2.10. The fourth-order valence-corrected chi connectivity index (χ4v) is 1.26. The van der Waals surface area contributed by atoms with E-state index in [9.17, 15) is 0 Å². The van der Waals surface area contributed by atoms with Crippen LogP contribution in [0.25, 0.3) is 0 Å². The molecule has 1 aromatic heterocycles. The van der Waals surface area contributed by atoms with Crippen LogP contribution < -0.4 is 5.73 Å². The number of nitrogens with two attached hydrogens (primary N) is 1. The Morgan fingerprint density at radius 2 is 2.27 bits per heavy atom. The van der Waals surface area contributed by atoms with E-state index in [1.807, 2.05) is 0 Å². The average molecular weight is 171 g/mol. The second kappa shape index (κ2) is 3.67. The molecule has 0 aromatic carbocycles. The van der Waals surface area contributed by atoms with Crippen molar-refractivity contribution >= 4 is 16.7 Å². The standard InChI is InChI=1S/C7H13N3S/c1-5(2)3-4-6-9-7(8)11-10-6/h5H,3-4H2,1-2H3,(H2,8,9,10). The van der Waals surface area contributed by atoms with Crippen LogP contribution in [-0.2, 0) is 6.42 Å². The van der Waals surface area contributed by atoms with Gasteiger partial charge in [0.25, 0.3) is 0 Å². The Balaban J connectivity index is 2.39. The van der Waals surface area contributed by atoms with Crippen LogP contribution in [0.1, 0.15) is 26.1 Å². The zero-order chi connectivity index (χ0) is 8.27. The number of nitrogens with zero attached hydrogens (tertiary/aromatic N) is 2. The first kappa shape index (κ1) is 8.46. The van der Waals surface area contributed by atoms with Gasteiger partial charge in [-0.1, -0.05) is 13.8 Å². The summed E-state index contributed by atoms with van der Waals surface area (Å²) >= 11 is 1.27. The predicted molar refractivity (Wildman–Crippen MR) is 47.5 cm³/mol. The molecular formula is C7H13N3S. The van der Waals surface area contributed by atoms with Crippen LogP contribution in [0.15, 0.2) is 0 Å². The van der Waals surface area contributed by atoms with E-state index in [1.54, 1.807) is 0 Å². The molecule has 11 heavy (non-hydrogen) atoms. The second-order valence-electron chi connectivity index (χ2n) is 2.98. The van der Waals surface area contributed by atoms with Crippen LogP contribution >= 0.6 is 11.5 Å². The van der Waals surface area contributed by atoms with Crippen molar-refractivity contribution in [2.24, 2.45) is 5.92 Å². The SMILES string of the molecule is CC(C)CCc1nsc(N)n1. The molecule has 1 aromatic rings. The Bertz CT molecular complexity index is 219. The van der Waals surface area contributed by atoms with Gasteiger partial charge in [0.1, 0.15) is 5.82 Å². The molecule has 1 heterocycles. The summed E-state index contributed by atoms with van der Waals surface area (Å²) in [7, 11) is 0. The van der Waals surface area contributed by atoms with E-state index in [0.29, 0.717) is 11.0 Å². The molecule has 0 atom stereocenters. The molecule has 0 saturated heterocycles. The predicted octanol–water partition coefficient (Wildman–Crippen LogP) is 1.71. The summed E-state index contributed by atoms with van der Waals surface area (Å²) in [6, 6.07) is 0. The van der Waals surface area contributed by atoms with E-state index in [4.69, 9.17) is 5.73 Å². The van der Waals surface area contributed by atoms with E-state index >= 15 is 0 Å². The third-order valence-electron chi connectivity index (χ3n) is 1.43. The van der Waals surface area contributed by atoms with Crippen molar-refractivity contribution in [2.45, 2.75) is 26.7 Å². The Morgan fingerprint density at radius 1 is 1.55 bits per heavy atom. The van der Waals surface area contributed by atoms with Crippen molar-refractivity contribution in [2.75, 3.05) is 5.73 Å². The quantitative estimate of drug-likeness (QED) is 0.753. The van der Waals surface area contributed by atoms with Crippen molar-refractivity contribution in [1.82, 2.24) is 9.36 Å². The molecule has 0 fully saturated rings. The van der Waals surface area contributed by atoms with Crippen LogP contribution in [0.4, 0.5) is 5.13 Å². The maximum absolute atomic E-state index is 5.43. The van der Waals surface area contributed by atoms with Crippen molar-refractivity contribution in [3.63, 3.8) is 0 Å². The zero-order valence-corrected chi connectivity index (χ0v) is 7.69. The number of aromatic nitrogens is 2. The lowest BCUT2D eigenvalue weighted by atomic mass is 10.1. The molecule has 0 unspecified atom stereocenters. The third-order valence-corrected chi connectivity index (χ3v) is 2.01. The summed E-state index contributed by atoms with van der Waals surface area (Å²) in [5, 5.41) is 0.573. The van der Waals surface area contributed by atoms with E-state index in [1.165, 1.54) is 11.5 Å². The van der Waals surface area contributed by atoms with Gasteiger partial charge in [-0.2, -0.15) is 4.37 Å². The van der Waals surface area contributed by atoms with Gasteiger partial charge in [-0.25, -0.2) is 4.98 Å². The molecule has 3 nitrogen and oxygen atoms in total. The van der Waals surface area contributed by atoms with Gasteiger partial charge in [0.2, 0.25) is 0 Å². The Morgan fingerprint density at radius 3 is 2.73 bits per heavy atom.